The number of aliphatic hydroxyl groups excluding tert-OH is 2. The van der Waals surface area contributed by atoms with Gasteiger partial charge in [0, 0.05) is 5.92 Å². The van der Waals surface area contributed by atoms with Crippen LogP contribution in [0.1, 0.15) is 65.7 Å². The molecule has 0 saturated heterocycles. The molecule has 0 bridgehead atoms. The second-order valence-electron chi connectivity index (χ2n) is 9.22. The minimum absolute atomic E-state index is 0.0799. The Hall–Kier alpha value is -0.340. The number of allylic oxidation sites excluding steroid dienone is 1. The van der Waals surface area contributed by atoms with E-state index in [-0.39, 0.29) is 17.6 Å². The summed E-state index contributed by atoms with van der Waals surface area (Å²) in [4.78, 5) is 0. The summed E-state index contributed by atoms with van der Waals surface area (Å²) in [7, 11) is 0. The average molecular weight is 304 g/mol. The third kappa shape index (κ3) is 1.80. The van der Waals surface area contributed by atoms with Crippen molar-refractivity contribution in [2.24, 2.45) is 34.5 Å². The Morgan fingerprint density at radius 3 is 2.55 bits per heavy atom. The standard InChI is InChI=1S/C20H32O2/c1-12-14-5-4-13-15-6-7-18(22)20(15,3)10-8-16(13)19(14,2)11-9-17(12)21/h5,12-13,15-18,21-22H,4,6-11H2,1-3H3/t12?,13-,15-,16+,17?,18?,19-,20-/m0/s1. The van der Waals surface area contributed by atoms with Crippen molar-refractivity contribution in [3.05, 3.63) is 11.6 Å². The molecule has 3 unspecified atom stereocenters. The molecule has 2 N–H and O–H groups in total. The normalized spacial score (nSPS) is 57.6. The molecule has 2 nitrogen and oxygen atoms in total. The van der Waals surface area contributed by atoms with E-state index >= 15 is 0 Å². The number of aliphatic hydroxyl groups is 2. The van der Waals surface area contributed by atoms with Crippen LogP contribution in [-0.4, -0.2) is 22.4 Å². The molecule has 4 aliphatic rings. The average Bonchev–Trinajstić information content (AvgIpc) is 2.79. The Bertz CT molecular complexity index is 498. The molecule has 2 heteroatoms. The number of fused-ring (bicyclic) bond motifs is 5. The van der Waals surface area contributed by atoms with Gasteiger partial charge in [0.1, 0.15) is 0 Å². The summed E-state index contributed by atoms with van der Waals surface area (Å²) in [5, 5.41) is 20.8. The van der Waals surface area contributed by atoms with E-state index in [0.717, 1.165) is 31.1 Å². The molecule has 8 atom stereocenters. The summed E-state index contributed by atoms with van der Waals surface area (Å²) >= 11 is 0. The van der Waals surface area contributed by atoms with Crippen molar-refractivity contribution in [1.82, 2.24) is 0 Å². The zero-order valence-electron chi connectivity index (χ0n) is 14.4. The highest BCUT2D eigenvalue weighted by atomic mass is 16.3. The fourth-order valence-corrected chi connectivity index (χ4v) is 7.03. The lowest BCUT2D eigenvalue weighted by molar-refractivity contribution is -0.0764. The zero-order valence-corrected chi connectivity index (χ0v) is 14.4. The maximum Gasteiger partial charge on any atom is 0.0603 e. The summed E-state index contributed by atoms with van der Waals surface area (Å²) in [5.74, 6) is 2.57. The third-order valence-corrected chi connectivity index (χ3v) is 8.50. The minimum atomic E-state index is -0.141. The maximum atomic E-state index is 10.5. The summed E-state index contributed by atoms with van der Waals surface area (Å²) in [6.07, 6.45) is 10.3. The van der Waals surface area contributed by atoms with Crippen LogP contribution in [0.15, 0.2) is 11.6 Å². The highest BCUT2D eigenvalue weighted by molar-refractivity contribution is 5.27. The van der Waals surface area contributed by atoms with Gasteiger partial charge < -0.3 is 10.2 Å². The van der Waals surface area contributed by atoms with Gasteiger partial charge in [0.05, 0.1) is 12.2 Å². The van der Waals surface area contributed by atoms with Crippen molar-refractivity contribution in [2.75, 3.05) is 0 Å². The largest absolute Gasteiger partial charge is 0.393 e. The summed E-state index contributed by atoms with van der Waals surface area (Å²) in [6.45, 7) is 7.05. The molecule has 124 valence electrons. The van der Waals surface area contributed by atoms with Crippen LogP contribution in [-0.2, 0) is 0 Å². The molecule has 0 aromatic carbocycles. The third-order valence-electron chi connectivity index (χ3n) is 8.50. The van der Waals surface area contributed by atoms with Crippen LogP contribution in [0.5, 0.6) is 0 Å². The lowest BCUT2D eigenvalue weighted by Gasteiger charge is -2.58. The first-order valence-corrected chi connectivity index (χ1v) is 9.44. The lowest BCUT2D eigenvalue weighted by atomic mass is 9.47. The second-order valence-corrected chi connectivity index (χ2v) is 9.22. The fraction of sp³-hybridized carbons (Fsp3) is 0.900. The molecule has 22 heavy (non-hydrogen) atoms. The van der Waals surface area contributed by atoms with E-state index in [9.17, 15) is 10.2 Å². The van der Waals surface area contributed by atoms with E-state index in [1.165, 1.54) is 25.7 Å². The van der Waals surface area contributed by atoms with Gasteiger partial charge in [-0.2, -0.15) is 0 Å². The van der Waals surface area contributed by atoms with Gasteiger partial charge in [-0.15, -0.1) is 0 Å². The number of hydrogen-bond acceptors (Lipinski definition) is 2. The Morgan fingerprint density at radius 1 is 1.00 bits per heavy atom. The quantitative estimate of drug-likeness (QED) is 0.666. The summed E-state index contributed by atoms with van der Waals surface area (Å²) in [6, 6.07) is 0. The van der Waals surface area contributed by atoms with E-state index in [1.54, 1.807) is 5.57 Å². The smallest absolute Gasteiger partial charge is 0.0603 e. The van der Waals surface area contributed by atoms with Crippen molar-refractivity contribution in [1.29, 1.82) is 0 Å². The van der Waals surface area contributed by atoms with Crippen molar-refractivity contribution in [2.45, 2.75) is 77.9 Å². The molecule has 0 heterocycles. The molecule has 0 aromatic rings. The van der Waals surface area contributed by atoms with Crippen LogP contribution in [0.3, 0.4) is 0 Å². The molecule has 4 rings (SSSR count). The molecule has 0 radical (unpaired) electrons. The van der Waals surface area contributed by atoms with Gasteiger partial charge in [-0.3, -0.25) is 0 Å². The first kappa shape index (κ1) is 15.2. The van der Waals surface area contributed by atoms with Gasteiger partial charge in [-0.1, -0.05) is 32.4 Å². The lowest BCUT2D eigenvalue weighted by Crippen LogP contribution is -2.52. The maximum absolute atomic E-state index is 10.5. The van der Waals surface area contributed by atoms with E-state index in [2.05, 4.69) is 26.8 Å². The van der Waals surface area contributed by atoms with Crippen LogP contribution in [0.2, 0.25) is 0 Å². The van der Waals surface area contributed by atoms with Gasteiger partial charge >= 0.3 is 0 Å². The molecule has 0 aliphatic heterocycles. The van der Waals surface area contributed by atoms with Crippen LogP contribution < -0.4 is 0 Å². The predicted octanol–water partition coefficient (Wildman–Crippen LogP) is 3.92. The molecule has 0 spiro atoms. The Morgan fingerprint density at radius 2 is 1.77 bits per heavy atom. The highest BCUT2D eigenvalue weighted by Crippen LogP contribution is 2.65. The van der Waals surface area contributed by atoms with E-state index < -0.39 is 0 Å². The van der Waals surface area contributed by atoms with E-state index in [1.807, 2.05) is 0 Å². The van der Waals surface area contributed by atoms with Crippen LogP contribution in [0.4, 0.5) is 0 Å². The molecule has 3 saturated carbocycles. The van der Waals surface area contributed by atoms with Gasteiger partial charge in [-0.05, 0) is 73.5 Å². The number of rotatable bonds is 0. The Balaban J connectivity index is 1.70. The molecule has 4 aliphatic carbocycles. The molecular weight excluding hydrogens is 272 g/mol. The van der Waals surface area contributed by atoms with Gasteiger partial charge in [0.25, 0.3) is 0 Å². The molecular formula is C20H32O2. The second kappa shape index (κ2) is 4.83. The zero-order chi connectivity index (χ0) is 15.7. The van der Waals surface area contributed by atoms with Crippen molar-refractivity contribution in [3.8, 4) is 0 Å². The topological polar surface area (TPSA) is 40.5 Å². The number of hydrogen-bond donors (Lipinski definition) is 2. The summed E-state index contributed by atoms with van der Waals surface area (Å²) < 4.78 is 0. The highest BCUT2D eigenvalue weighted by Gasteiger charge is 2.59. The summed E-state index contributed by atoms with van der Waals surface area (Å²) in [5.41, 5.74) is 2.02. The van der Waals surface area contributed by atoms with Gasteiger partial charge in [-0.25, -0.2) is 0 Å². The van der Waals surface area contributed by atoms with Gasteiger partial charge in [0.2, 0.25) is 0 Å². The van der Waals surface area contributed by atoms with Gasteiger partial charge in [0.15, 0.2) is 0 Å². The van der Waals surface area contributed by atoms with Crippen LogP contribution in [0.25, 0.3) is 0 Å². The molecule has 3 fully saturated rings. The van der Waals surface area contributed by atoms with Crippen LogP contribution in [0, 0.1) is 34.5 Å². The fourth-order valence-electron chi connectivity index (χ4n) is 7.03. The SMILES string of the molecule is CC1C2=CC[C@@H]3[C@@H](CC[C@]4(C)C(O)CC[C@@H]34)[C@@]2(C)CCC1O. The Labute approximate surface area is 135 Å². The van der Waals surface area contributed by atoms with Crippen LogP contribution >= 0.6 is 0 Å². The monoisotopic (exact) mass is 304 g/mol. The molecule has 0 aromatic heterocycles. The van der Waals surface area contributed by atoms with E-state index in [0.29, 0.717) is 17.3 Å². The van der Waals surface area contributed by atoms with E-state index in [4.69, 9.17) is 0 Å². The minimum Gasteiger partial charge on any atom is -0.393 e. The van der Waals surface area contributed by atoms with Crippen molar-refractivity contribution < 1.29 is 10.2 Å². The van der Waals surface area contributed by atoms with Crippen molar-refractivity contribution >= 4 is 0 Å². The Kier molecular flexibility index (Phi) is 3.34. The first-order valence-electron chi connectivity index (χ1n) is 9.44. The van der Waals surface area contributed by atoms with Crippen molar-refractivity contribution in [3.63, 3.8) is 0 Å². The predicted molar refractivity (Wildman–Crippen MR) is 88.3 cm³/mol. The molecule has 0 amide bonds. The first-order chi connectivity index (χ1) is 10.4.